The number of hydrogen-bond donors (Lipinski definition) is 2. The number of benzene rings is 1. The molecule has 0 saturated heterocycles. The Kier molecular flexibility index (Phi) is 6.21. The molecule has 1 aromatic rings. The highest BCUT2D eigenvalue weighted by molar-refractivity contribution is 14.0. The average molecular weight is 410 g/mol. The maximum absolute atomic E-state index is 11.7. The number of sulfonamides is 1. The molecule has 112 valence electrons. The maximum atomic E-state index is 11.7. The van der Waals surface area contributed by atoms with Gasteiger partial charge in [-0.05, 0) is 24.7 Å². The summed E-state index contributed by atoms with van der Waals surface area (Å²) in [6.07, 6.45) is 0. The van der Waals surface area contributed by atoms with Crippen LogP contribution in [0, 0.1) is 0 Å². The molecule has 8 heteroatoms. The molecule has 0 bridgehead atoms. The standard InChI is InChI=1S/C12H18N4O2S.HI/c1-13-19(17,18)11-5-3-4-10(8-11)9-15-12-14-6-7-16(12)2;/h3-5,8,13H,6-7,9H2,1-2H3,(H,14,15);1H. The number of aliphatic imine (C=N–C) groups is 1. The SMILES string of the molecule is CNS(=O)(=O)c1cccc(CNC2=NCCN2C)c1.I. The molecule has 1 aliphatic rings. The third-order valence-electron chi connectivity index (χ3n) is 2.99. The van der Waals surface area contributed by atoms with Crippen molar-refractivity contribution >= 4 is 40.0 Å². The fourth-order valence-electron chi connectivity index (χ4n) is 1.84. The number of nitrogens with one attached hydrogen (secondary N) is 2. The Morgan fingerprint density at radius 3 is 2.75 bits per heavy atom. The molecule has 1 aromatic carbocycles. The van der Waals surface area contributed by atoms with Crippen LogP contribution in [-0.2, 0) is 16.6 Å². The fourth-order valence-corrected chi connectivity index (χ4v) is 2.64. The molecule has 2 N–H and O–H groups in total. The summed E-state index contributed by atoms with van der Waals surface area (Å²) in [5.41, 5.74) is 0.902. The van der Waals surface area contributed by atoms with Crippen LogP contribution >= 0.6 is 24.0 Å². The van der Waals surface area contributed by atoms with Gasteiger partial charge in [-0.2, -0.15) is 0 Å². The van der Waals surface area contributed by atoms with Crippen molar-refractivity contribution in [3.8, 4) is 0 Å². The van der Waals surface area contributed by atoms with Gasteiger partial charge in [-0.15, -0.1) is 24.0 Å². The van der Waals surface area contributed by atoms with Crippen molar-refractivity contribution in [3.63, 3.8) is 0 Å². The first-order valence-electron chi connectivity index (χ1n) is 6.05. The Morgan fingerprint density at radius 1 is 1.40 bits per heavy atom. The lowest BCUT2D eigenvalue weighted by Crippen LogP contribution is -2.35. The van der Waals surface area contributed by atoms with Crippen molar-refractivity contribution in [2.24, 2.45) is 4.99 Å². The summed E-state index contributed by atoms with van der Waals surface area (Å²) in [5, 5.41) is 3.21. The molecule has 0 spiro atoms. The molecule has 0 radical (unpaired) electrons. The molecule has 0 fully saturated rings. The van der Waals surface area contributed by atoms with Crippen LogP contribution in [0.2, 0.25) is 0 Å². The number of rotatable bonds is 4. The second-order valence-corrected chi connectivity index (χ2v) is 6.22. The monoisotopic (exact) mass is 410 g/mol. The number of likely N-dealkylation sites (N-methyl/N-ethyl adjacent to an activating group) is 1. The van der Waals surface area contributed by atoms with Crippen molar-refractivity contribution in [1.82, 2.24) is 14.9 Å². The van der Waals surface area contributed by atoms with Crippen molar-refractivity contribution in [2.75, 3.05) is 27.2 Å². The lowest BCUT2D eigenvalue weighted by molar-refractivity contribution is 0.534. The summed E-state index contributed by atoms with van der Waals surface area (Å²) in [6.45, 7) is 2.26. The van der Waals surface area contributed by atoms with E-state index in [9.17, 15) is 8.42 Å². The summed E-state index contributed by atoms with van der Waals surface area (Å²) in [6, 6.07) is 6.86. The number of halogens is 1. The van der Waals surface area contributed by atoms with E-state index in [2.05, 4.69) is 15.0 Å². The highest BCUT2D eigenvalue weighted by atomic mass is 127. The fraction of sp³-hybridized carbons (Fsp3) is 0.417. The summed E-state index contributed by atoms with van der Waals surface area (Å²) in [7, 11) is -0.00907. The molecule has 2 rings (SSSR count). The van der Waals surface area contributed by atoms with Crippen molar-refractivity contribution in [3.05, 3.63) is 29.8 Å². The van der Waals surface area contributed by atoms with Gasteiger partial charge >= 0.3 is 0 Å². The minimum atomic E-state index is -3.39. The van der Waals surface area contributed by atoms with Gasteiger partial charge in [0.1, 0.15) is 0 Å². The highest BCUT2D eigenvalue weighted by Gasteiger charge is 2.13. The van der Waals surface area contributed by atoms with Crippen LogP contribution in [0.25, 0.3) is 0 Å². The zero-order chi connectivity index (χ0) is 13.9. The number of nitrogens with zero attached hydrogens (tertiary/aromatic N) is 2. The van der Waals surface area contributed by atoms with E-state index in [1.165, 1.54) is 7.05 Å². The zero-order valence-corrected chi connectivity index (χ0v) is 14.6. The predicted octanol–water partition coefficient (Wildman–Crippen LogP) is 0.604. The summed E-state index contributed by atoms with van der Waals surface area (Å²) in [5.74, 6) is 0.849. The van der Waals surface area contributed by atoms with Gasteiger partial charge in [0.2, 0.25) is 10.0 Å². The van der Waals surface area contributed by atoms with E-state index < -0.39 is 10.0 Å². The third kappa shape index (κ3) is 4.06. The summed E-state index contributed by atoms with van der Waals surface area (Å²) in [4.78, 5) is 6.63. The van der Waals surface area contributed by atoms with Gasteiger partial charge in [0.25, 0.3) is 0 Å². The summed E-state index contributed by atoms with van der Waals surface area (Å²) >= 11 is 0. The van der Waals surface area contributed by atoms with Gasteiger partial charge in [-0.3, -0.25) is 4.99 Å². The van der Waals surface area contributed by atoms with E-state index in [0.717, 1.165) is 24.6 Å². The van der Waals surface area contributed by atoms with Crippen LogP contribution in [0.15, 0.2) is 34.2 Å². The van der Waals surface area contributed by atoms with Crippen LogP contribution in [0.4, 0.5) is 0 Å². The van der Waals surface area contributed by atoms with E-state index in [-0.39, 0.29) is 28.9 Å². The Bertz CT molecular complexity index is 589. The predicted molar refractivity (Wildman–Crippen MR) is 89.9 cm³/mol. The quantitative estimate of drug-likeness (QED) is 0.714. The zero-order valence-electron chi connectivity index (χ0n) is 11.5. The van der Waals surface area contributed by atoms with Crippen LogP contribution in [0.3, 0.4) is 0 Å². The van der Waals surface area contributed by atoms with Crippen molar-refractivity contribution in [1.29, 1.82) is 0 Å². The number of hydrogen-bond acceptors (Lipinski definition) is 5. The van der Waals surface area contributed by atoms with E-state index in [1.54, 1.807) is 18.2 Å². The van der Waals surface area contributed by atoms with Crippen molar-refractivity contribution < 1.29 is 8.42 Å². The molecule has 0 saturated carbocycles. The molecular weight excluding hydrogens is 391 g/mol. The number of guanidine groups is 1. The highest BCUT2D eigenvalue weighted by Crippen LogP contribution is 2.11. The van der Waals surface area contributed by atoms with E-state index in [0.29, 0.717) is 6.54 Å². The lowest BCUT2D eigenvalue weighted by Gasteiger charge is -2.15. The van der Waals surface area contributed by atoms with Crippen molar-refractivity contribution in [2.45, 2.75) is 11.4 Å². The average Bonchev–Trinajstić information content (AvgIpc) is 2.82. The normalized spacial score (nSPS) is 14.7. The summed E-state index contributed by atoms with van der Waals surface area (Å²) < 4.78 is 25.7. The van der Waals surface area contributed by atoms with Gasteiger partial charge in [0, 0.05) is 20.1 Å². The maximum Gasteiger partial charge on any atom is 0.240 e. The first-order chi connectivity index (χ1) is 9.03. The van der Waals surface area contributed by atoms with Gasteiger partial charge < -0.3 is 10.2 Å². The Labute approximate surface area is 136 Å². The lowest BCUT2D eigenvalue weighted by atomic mass is 10.2. The molecule has 6 nitrogen and oxygen atoms in total. The van der Waals surface area contributed by atoms with Crippen LogP contribution in [0.5, 0.6) is 0 Å². The van der Waals surface area contributed by atoms with Gasteiger partial charge in [-0.25, -0.2) is 13.1 Å². The second kappa shape index (κ2) is 7.23. The topological polar surface area (TPSA) is 73.8 Å². The van der Waals surface area contributed by atoms with E-state index in [4.69, 9.17) is 0 Å². The molecule has 0 aliphatic carbocycles. The largest absolute Gasteiger partial charge is 0.352 e. The van der Waals surface area contributed by atoms with E-state index >= 15 is 0 Å². The van der Waals surface area contributed by atoms with Crippen LogP contribution in [-0.4, -0.2) is 46.5 Å². The van der Waals surface area contributed by atoms with Crippen LogP contribution in [0.1, 0.15) is 5.56 Å². The third-order valence-corrected chi connectivity index (χ3v) is 4.40. The molecule has 1 aliphatic heterocycles. The smallest absolute Gasteiger partial charge is 0.240 e. The second-order valence-electron chi connectivity index (χ2n) is 4.34. The molecule has 0 aromatic heterocycles. The van der Waals surface area contributed by atoms with Gasteiger partial charge in [0.05, 0.1) is 11.4 Å². The first kappa shape index (κ1) is 17.2. The van der Waals surface area contributed by atoms with E-state index in [1.807, 2.05) is 18.0 Å². The minimum Gasteiger partial charge on any atom is -0.352 e. The minimum absolute atomic E-state index is 0. The molecule has 0 amide bonds. The molecule has 0 unspecified atom stereocenters. The van der Waals surface area contributed by atoms with Crippen LogP contribution < -0.4 is 10.0 Å². The molecule has 0 atom stereocenters. The molecule has 1 heterocycles. The first-order valence-corrected chi connectivity index (χ1v) is 7.53. The molecule has 20 heavy (non-hydrogen) atoms. The van der Waals surface area contributed by atoms with Gasteiger partial charge in [-0.1, -0.05) is 12.1 Å². The van der Waals surface area contributed by atoms with Gasteiger partial charge in [0.15, 0.2) is 5.96 Å². The Hall–Kier alpha value is -0.870. The Balaban J connectivity index is 0.00000200. The Morgan fingerprint density at radius 2 is 2.15 bits per heavy atom. The molecular formula is C12H19IN4O2S.